The summed E-state index contributed by atoms with van der Waals surface area (Å²) in [6, 6.07) is 0.791. The molecular formula is C14H25N5O. The summed E-state index contributed by atoms with van der Waals surface area (Å²) in [5, 5.41) is 6.62. The van der Waals surface area contributed by atoms with Gasteiger partial charge in [-0.25, -0.2) is 0 Å². The molecule has 1 saturated carbocycles. The van der Waals surface area contributed by atoms with E-state index in [2.05, 4.69) is 39.4 Å². The third-order valence-electron chi connectivity index (χ3n) is 3.76. The maximum atomic E-state index is 5.15. The smallest absolute Gasteiger partial charge is 0.322 e. The van der Waals surface area contributed by atoms with Crippen LogP contribution < -0.4 is 15.4 Å². The van der Waals surface area contributed by atoms with Crippen molar-refractivity contribution >= 4 is 11.9 Å². The van der Waals surface area contributed by atoms with Gasteiger partial charge in [0.05, 0.1) is 7.11 Å². The van der Waals surface area contributed by atoms with Crippen LogP contribution in [0.4, 0.5) is 11.9 Å². The van der Waals surface area contributed by atoms with Crippen molar-refractivity contribution in [1.29, 1.82) is 0 Å². The Labute approximate surface area is 120 Å². The second kappa shape index (κ2) is 7.26. The largest absolute Gasteiger partial charge is 0.467 e. The number of hydrogen-bond donors (Lipinski definition) is 2. The van der Waals surface area contributed by atoms with Crippen LogP contribution in [0.3, 0.4) is 0 Å². The van der Waals surface area contributed by atoms with Crippen LogP contribution in [0.5, 0.6) is 6.01 Å². The SMILES string of the molecule is CCCNc1nc(NC2CCCCC2C)nc(OC)n1. The zero-order chi connectivity index (χ0) is 14.4. The molecule has 2 N–H and O–H groups in total. The zero-order valence-electron chi connectivity index (χ0n) is 12.6. The van der Waals surface area contributed by atoms with E-state index in [0.29, 0.717) is 29.9 Å². The first-order valence-corrected chi connectivity index (χ1v) is 7.53. The van der Waals surface area contributed by atoms with Crippen LogP contribution in [0.1, 0.15) is 46.0 Å². The van der Waals surface area contributed by atoms with Gasteiger partial charge in [0.2, 0.25) is 11.9 Å². The standard InChI is InChI=1S/C14H25N5O/c1-4-9-15-12-17-13(19-14(18-12)20-3)16-11-8-6-5-7-10(11)2/h10-11H,4-9H2,1-3H3,(H2,15,16,17,18,19). The van der Waals surface area contributed by atoms with Crippen LogP contribution in [-0.2, 0) is 0 Å². The Morgan fingerprint density at radius 2 is 1.90 bits per heavy atom. The van der Waals surface area contributed by atoms with E-state index in [1.807, 2.05) is 0 Å². The number of hydrogen-bond acceptors (Lipinski definition) is 6. The Balaban J connectivity index is 2.08. The van der Waals surface area contributed by atoms with Gasteiger partial charge in [-0.05, 0) is 25.2 Å². The molecule has 2 rings (SSSR count). The minimum Gasteiger partial charge on any atom is -0.467 e. The van der Waals surface area contributed by atoms with Crippen molar-refractivity contribution in [3.63, 3.8) is 0 Å². The maximum Gasteiger partial charge on any atom is 0.322 e. The predicted octanol–water partition coefficient (Wildman–Crippen LogP) is 2.69. The Morgan fingerprint density at radius 3 is 2.60 bits per heavy atom. The molecule has 1 aromatic heterocycles. The fraction of sp³-hybridized carbons (Fsp3) is 0.786. The van der Waals surface area contributed by atoms with Gasteiger partial charge in [-0.1, -0.05) is 26.7 Å². The van der Waals surface area contributed by atoms with Gasteiger partial charge in [0.1, 0.15) is 0 Å². The molecule has 0 spiro atoms. The summed E-state index contributed by atoms with van der Waals surface area (Å²) in [6.45, 7) is 5.23. The molecule has 2 unspecified atom stereocenters. The summed E-state index contributed by atoms with van der Waals surface area (Å²) in [4.78, 5) is 12.9. The van der Waals surface area contributed by atoms with Crippen LogP contribution in [0, 0.1) is 5.92 Å². The number of nitrogens with zero attached hydrogens (tertiary/aromatic N) is 3. The molecule has 1 aromatic rings. The highest BCUT2D eigenvalue weighted by Gasteiger charge is 2.22. The maximum absolute atomic E-state index is 5.15. The molecule has 20 heavy (non-hydrogen) atoms. The van der Waals surface area contributed by atoms with Gasteiger partial charge in [0.25, 0.3) is 0 Å². The highest BCUT2D eigenvalue weighted by molar-refractivity contribution is 5.36. The normalized spacial score (nSPS) is 22.4. The molecule has 1 heterocycles. The predicted molar refractivity (Wildman–Crippen MR) is 80.2 cm³/mol. The minimum absolute atomic E-state index is 0.351. The Kier molecular flexibility index (Phi) is 5.38. The third kappa shape index (κ3) is 3.95. The summed E-state index contributed by atoms with van der Waals surface area (Å²) in [5.74, 6) is 1.83. The number of methoxy groups -OCH3 is 1. The third-order valence-corrected chi connectivity index (χ3v) is 3.76. The molecular weight excluding hydrogens is 254 g/mol. The molecule has 0 amide bonds. The van der Waals surface area contributed by atoms with Crippen molar-refractivity contribution in [2.45, 2.75) is 52.0 Å². The molecule has 1 aliphatic rings. The first-order valence-electron chi connectivity index (χ1n) is 7.53. The highest BCUT2D eigenvalue weighted by atomic mass is 16.5. The van der Waals surface area contributed by atoms with Crippen LogP contribution in [-0.4, -0.2) is 34.6 Å². The second-order valence-electron chi connectivity index (χ2n) is 5.41. The van der Waals surface area contributed by atoms with E-state index in [1.165, 1.54) is 25.7 Å². The first kappa shape index (κ1) is 14.8. The Hall–Kier alpha value is -1.59. The van der Waals surface area contributed by atoms with Crippen molar-refractivity contribution < 1.29 is 4.74 Å². The molecule has 0 aliphatic heterocycles. The summed E-state index contributed by atoms with van der Waals surface area (Å²) in [7, 11) is 1.58. The summed E-state index contributed by atoms with van der Waals surface area (Å²) >= 11 is 0. The van der Waals surface area contributed by atoms with Gasteiger partial charge < -0.3 is 15.4 Å². The van der Waals surface area contributed by atoms with Crippen molar-refractivity contribution in [2.24, 2.45) is 5.92 Å². The van der Waals surface area contributed by atoms with Crippen molar-refractivity contribution in [3.8, 4) is 6.01 Å². The molecule has 0 bridgehead atoms. The van der Waals surface area contributed by atoms with Crippen molar-refractivity contribution in [3.05, 3.63) is 0 Å². The lowest BCUT2D eigenvalue weighted by Crippen LogP contribution is -2.31. The Bertz CT molecular complexity index is 426. The fourth-order valence-corrected chi connectivity index (χ4v) is 2.52. The number of ether oxygens (including phenoxy) is 1. The molecule has 6 heteroatoms. The van der Waals surface area contributed by atoms with E-state index >= 15 is 0 Å². The van der Waals surface area contributed by atoms with Gasteiger partial charge in [-0.2, -0.15) is 15.0 Å². The van der Waals surface area contributed by atoms with E-state index in [1.54, 1.807) is 7.11 Å². The lowest BCUT2D eigenvalue weighted by Gasteiger charge is -2.29. The van der Waals surface area contributed by atoms with E-state index in [9.17, 15) is 0 Å². The topological polar surface area (TPSA) is 72.0 Å². The van der Waals surface area contributed by atoms with Crippen LogP contribution in [0.2, 0.25) is 0 Å². The average Bonchev–Trinajstić information content (AvgIpc) is 2.47. The monoisotopic (exact) mass is 279 g/mol. The van der Waals surface area contributed by atoms with Gasteiger partial charge in [-0.3, -0.25) is 0 Å². The van der Waals surface area contributed by atoms with E-state index in [4.69, 9.17) is 4.74 Å². The summed E-state index contributed by atoms with van der Waals surface area (Å²) in [5.41, 5.74) is 0. The van der Waals surface area contributed by atoms with Gasteiger partial charge >= 0.3 is 6.01 Å². The zero-order valence-corrected chi connectivity index (χ0v) is 12.6. The second-order valence-corrected chi connectivity index (χ2v) is 5.41. The van der Waals surface area contributed by atoms with Gasteiger partial charge in [0.15, 0.2) is 0 Å². The number of anilines is 2. The molecule has 1 aliphatic carbocycles. The lowest BCUT2D eigenvalue weighted by molar-refractivity contribution is 0.346. The molecule has 6 nitrogen and oxygen atoms in total. The van der Waals surface area contributed by atoms with E-state index in [0.717, 1.165) is 13.0 Å². The van der Waals surface area contributed by atoms with Crippen molar-refractivity contribution in [1.82, 2.24) is 15.0 Å². The molecule has 0 radical (unpaired) electrons. The Morgan fingerprint density at radius 1 is 1.15 bits per heavy atom. The van der Waals surface area contributed by atoms with E-state index in [-0.39, 0.29) is 0 Å². The van der Waals surface area contributed by atoms with Crippen LogP contribution in [0.15, 0.2) is 0 Å². The summed E-state index contributed by atoms with van der Waals surface area (Å²) in [6.07, 6.45) is 6.05. The molecule has 0 saturated heterocycles. The number of aromatic nitrogens is 3. The lowest BCUT2D eigenvalue weighted by atomic mass is 9.86. The fourth-order valence-electron chi connectivity index (χ4n) is 2.52. The van der Waals surface area contributed by atoms with Crippen molar-refractivity contribution in [2.75, 3.05) is 24.3 Å². The highest BCUT2D eigenvalue weighted by Crippen LogP contribution is 2.26. The average molecular weight is 279 g/mol. The summed E-state index contributed by atoms with van der Waals surface area (Å²) < 4.78 is 5.15. The van der Waals surface area contributed by atoms with Crippen LogP contribution >= 0.6 is 0 Å². The molecule has 2 atom stereocenters. The number of nitrogens with one attached hydrogen (secondary N) is 2. The van der Waals surface area contributed by atoms with Crippen LogP contribution in [0.25, 0.3) is 0 Å². The first-order chi connectivity index (χ1) is 9.72. The van der Waals surface area contributed by atoms with E-state index < -0.39 is 0 Å². The number of rotatable bonds is 6. The minimum atomic E-state index is 0.351. The van der Waals surface area contributed by atoms with Gasteiger partial charge in [-0.15, -0.1) is 0 Å². The quantitative estimate of drug-likeness (QED) is 0.834. The van der Waals surface area contributed by atoms with Gasteiger partial charge in [0, 0.05) is 12.6 Å². The molecule has 112 valence electrons. The molecule has 0 aromatic carbocycles. The molecule has 1 fully saturated rings.